The van der Waals surface area contributed by atoms with Crippen molar-refractivity contribution in [2.45, 2.75) is 32.2 Å². The zero-order chi connectivity index (χ0) is 16.1. The van der Waals surface area contributed by atoms with Gasteiger partial charge in [0.05, 0.1) is 11.8 Å². The van der Waals surface area contributed by atoms with E-state index in [1.54, 1.807) is 6.08 Å². The number of carbonyl (C=O) groups excluding carboxylic acids is 1. The van der Waals surface area contributed by atoms with Crippen LogP contribution >= 0.6 is 0 Å². The van der Waals surface area contributed by atoms with Gasteiger partial charge in [-0.1, -0.05) is 43.3 Å². The number of hydrogen-bond donors (Lipinski definition) is 0. The molecule has 0 radical (unpaired) electrons. The molecule has 2 heterocycles. The Balaban J connectivity index is 1.70. The highest BCUT2D eigenvalue weighted by molar-refractivity contribution is 6.07. The van der Waals surface area contributed by atoms with Gasteiger partial charge in [-0.2, -0.15) is 0 Å². The molecule has 0 aliphatic carbocycles. The molecule has 1 aromatic carbocycles. The molecule has 0 aromatic heterocycles. The van der Waals surface area contributed by atoms with Crippen molar-refractivity contribution in [3.63, 3.8) is 0 Å². The smallest absolute Gasteiger partial charge is 0.246 e. The molecule has 1 amide bonds. The van der Waals surface area contributed by atoms with Crippen LogP contribution in [0.5, 0.6) is 0 Å². The van der Waals surface area contributed by atoms with Crippen LogP contribution in [-0.2, 0) is 4.79 Å². The summed E-state index contributed by atoms with van der Waals surface area (Å²) in [4.78, 5) is 19.0. The van der Waals surface area contributed by atoms with Gasteiger partial charge >= 0.3 is 0 Å². The SMILES string of the molecule is CC1C=CC(/C=C/C(=O)N2CCCCC2)=NC1c1ccccc1. The molecule has 3 heteroatoms. The minimum Gasteiger partial charge on any atom is -0.339 e. The monoisotopic (exact) mass is 308 g/mol. The number of benzene rings is 1. The molecule has 0 N–H and O–H groups in total. The van der Waals surface area contributed by atoms with Crippen molar-refractivity contribution in [3.05, 3.63) is 60.2 Å². The van der Waals surface area contributed by atoms with Crippen molar-refractivity contribution in [1.29, 1.82) is 0 Å². The van der Waals surface area contributed by atoms with E-state index in [0.717, 1.165) is 31.6 Å². The van der Waals surface area contributed by atoms with E-state index < -0.39 is 0 Å². The average molecular weight is 308 g/mol. The lowest BCUT2D eigenvalue weighted by Crippen LogP contribution is -2.34. The van der Waals surface area contributed by atoms with E-state index in [9.17, 15) is 4.79 Å². The van der Waals surface area contributed by atoms with Gasteiger partial charge in [0.2, 0.25) is 5.91 Å². The molecule has 2 aliphatic heterocycles. The Morgan fingerprint density at radius 2 is 1.91 bits per heavy atom. The van der Waals surface area contributed by atoms with Crippen molar-refractivity contribution in [3.8, 4) is 0 Å². The summed E-state index contributed by atoms with van der Waals surface area (Å²) in [5.74, 6) is 0.475. The Morgan fingerprint density at radius 1 is 1.17 bits per heavy atom. The van der Waals surface area contributed by atoms with Crippen molar-refractivity contribution in [1.82, 2.24) is 4.90 Å². The van der Waals surface area contributed by atoms with Crippen LogP contribution in [0.25, 0.3) is 0 Å². The quantitative estimate of drug-likeness (QED) is 0.778. The predicted molar refractivity (Wildman–Crippen MR) is 94.5 cm³/mol. The van der Waals surface area contributed by atoms with Gasteiger partial charge in [-0.3, -0.25) is 9.79 Å². The Labute approximate surface area is 138 Å². The molecule has 0 saturated carbocycles. The van der Waals surface area contributed by atoms with E-state index in [1.165, 1.54) is 12.0 Å². The summed E-state index contributed by atoms with van der Waals surface area (Å²) in [5, 5.41) is 0. The standard InChI is InChI=1S/C20H24N2O/c1-16-10-11-18(21-20(16)17-8-4-2-5-9-17)12-13-19(23)22-14-6-3-7-15-22/h2,4-5,8-13,16,20H,3,6-7,14-15H2,1H3/b13-12+. The fourth-order valence-electron chi connectivity index (χ4n) is 3.18. The molecule has 2 aliphatic rings. The minimum atomic E-state index is 0.107. The number of hydrogen-bond acceptors (Lipinski definition) is 2. The molecule has 1 saturated heterocycles. The second-order valence-corrected chi connectivity index (χ2v) is 6.35. The summed E-state index contributed by atoms with van der Waals surface area (Å²) in [6.45, 7) is 3.95. The summed E-state index contributed by atoms with van der Waals surface area (Å²) in [6.07, 6.45) is 11.2. The molecular formula is C20H24N2O. The highest BCUT2D eigenvalue weighted by atomic mass is 16.2. The van der Waals surface area contributed by atoms with Gasteiger partial charge in [0, 0.05) is 25.1 Å². The maximum absolute atomic E-state index is 12.2. The van der Waals surface area contributed by atoms with Crippen LogP contribution in [0.3, 0.4) is 0 Å². The number of rotatable bonds is 3. The molecule has 120 valence electrons. The van der Waals surface area contributed by atoms with Gasteiger partial charge in [0.15, 0.2) is 0 Å². The Morgan fingerprint density at radius 3 is 2.65 bits per heavy atom. The molecular weight excluding hydrogens is 284 g/mol. The van der Waals surface area contributed by atoms with E-state index in [-0.39, 0.29) is 11.9 Å². The first kappa shape index (κ1) is 15.7. The van der Waals surface area contributed by atoms with Gasteiger partial charge in [-0.15, -0.1) is 0 Å². The van der Waals surface area contributed by atoms with Crippen molar-refractivity contribution < 1.29 is 4.79 Å². The van der Waals surface area contributed by atoms with Crippen molar-refractivity contribution >= 4 is 11.6 Å². The van der Waals surface area contributed by atoms with Gasteiger partial charge in [-0.05, 0) is 37.0 Å². The summed E-state index contributed by atoms with van der Waals surface area (Å²) >= 11 is 0. The zero-order valence-electron chi connectivity index (χ0n) is 13.7. The minimum absolute atomic E-state index is 0.107. The molecule has 3 rings (SSSR count). The highest BCUT2D eigenvalue weighted by Gasteiger charge is 2.19. The van der Waals surface area contributed by atoms with E-state index in [1.807, 2.05) is 35.3 Å². The normalized spacial score (nSPS) is 24.7. The van der Waals surface area contributed by atoms with E-state index in [4.69, 9.17) is 4.99 Å². The molecule has 2 atom stereocenters. The maximum atomic E-state index is 12.2. The fourth-order valence-corrected chi connectivity index (χ4v) is 3.18. The average Bonchev–Trinajstić information content (AvgIpc) is 2.62. The number of piperidine rings is 1. The predicted octanol–water partition coefficient (Wildman–Crippen LogP) is 3.94. The van der Waals surface area contributed by atoms with Gasteiger partial charge < -0.3 is 4.90 Å². The van der Waals surface area contributed by atoms with Crippen LogP contribution < -0.4 is 0 Å². The van der Waals surface area contributed by atoms with Gasteiger partial charge in [0.1, 0.15) is 0 Å². The van der Waals surface area contributed by atoms with E-state index >= 15 is 0 Å². The van der Waals surface area contributed by atoms with Crippen LogP contribution in [0, 0.1) is 5.92 Å². The number of aliphatic imine (C=N–C) groups is 1. The summed E-state index contributed by atoms with van der Waals surface area (Å²) in [5.41, 5.74) is 2.10. The number of dihydropyridines is 1. The van der Waals surface area contributed by atoms with Crippen molar-refractivity contribution in [2.75, 3.05) is 13.1 Å². The van der Waals surface area contributed by atoms with Crippen LogP contribution in [0.15, 0.2) is 59.6 Å². The van der Waals surface area contributed by atoms with Crippen molar-refractivity contribution in [2.24, 2.45) is 10.9 Å². The van der Waals surface area contributed by atoms with Gasteiger partial charge in [0.25, 0.3) is 0 Å². The zero-order valence-corrected chi connectivity index (χ0v) is 13.7. The lowest BCUT2D eigenvalue weighted by Gasteiger charge is -2.25. The topological polar surface area (TPSA) is 32.7 Å². The van der Waals surface area contributed by atoms with Gasteiger partial charge in [-0.25, -0.2) is 0 Å². The number of nitrogens with zero attached hydrogens (tertiary/aromatic N) is 2. The molecule has 23 heavy (non-hydrogen) atoms. The second-order valence-electron chi connectivity index (χ2n) is 6.35. The molecule has 1 aromatic rings. The lowest BCUT2D eigenvalue weighted by atomic mass is 9.92. The number of allylic oxidation sites excluding steroid dienone is 2. The molecule has 0 bridgehead atoms. The fraction of sp³-hybridized carbons (Fsp3) is 0.400. The number of carbonyl (C=O) groups is 1. The van der Waals surface area contributed by atoms with Crippen LogP contribution in [0.1, 0.15) is 37.8 Å². The summed E-state index contributed by atoms with van der Waals surface area (Å²) in [7, 11) is 0. The highest BCUT2D eigenvalue weighted by Crippen LogP contribution is 2.30. The Kier molecular flexibility index (Phi) is 5.06. The van der Waals surface area contributed by atoms with Crippen LogP contribution in [0.4, 0.5) is 0 Å². The lowest BCUT2D eigenvalue weighted by molar-refractivity contribution is -0.126. The molecule has 3 nitrogen and oxygen atoms in total. The Hall–Kier alpha value is -2.16. The summed E-state index contributed by atoms with van der Waals surface area (Å²) in [6, 6.07) is 10.5. The molecule has 0 spiro atoms. The largest absolute Gasteiger partial charge is 0.339 e. The van der Waals surface area contributed by atoms with Crippen LogP contribution in [0.2, 0.25) is 0 Å². The van der Waals surface area contributed by atoms with E-state index in [2.05, 4.69) is 25.1 Å². The third kappa shape index (κ3) is 3.98. The van der Waals surface area contributed by atoms with Crippen LogP contribution in [-0.4, -0.2) is 29.6 Å². The van der Waals surface area contributed by atoms with E-state index in [0.29, 0.717) is 5.92 Å². The molecule has 1 fully saturated rings. The number of amides is 1. The number of likely N-dealkylation sites (tertiary alicyclic amines) is 1. The Bertz CT molecular complexity index is 624. The summed E-state index contributed by atoms with van der Waals surface area (Å²) < 4.78 is 0. The first-order valence-corrected chi connectivity index (χ1v) is 8.52. The third-order valence-electron chi connectivity index (χ3n) is 4.56. The molecule has 2 unspecified atom stereocenters. The first-order chi connectivity index (χ1) is 11.2. The maximum Gasteiger partial charge on any atom is 0.246 e. The first-order valence-electron chi connectivity index (χ1n) is 8.52. The second kappa shape index (κ2) is 7.40. The third-order valence-corrected chi connectivity index (χ3v) is 4.56.